The summed E-state index contributed by atoms with van der Waals surface area (Å²) in [6.45, 7) is 16.2. The Morgan fingerprint density at radius 2 is 1.04 bits per heavy atom. The van der Waals surface area contributed by atoms with Gasteiger partial charge in [-0.05, 0) is 18.6 Å². The van der Waals surface area contributed by atoms with Crippen molar-refractivity contribution in [3.8, 4) is 0 Å². The maximum absolute atomic E-state index is 11.6. The van der Waals surface area contributed by atoms with E-state index in [0.29, 0.717) is 26.2 Å². The molecule has 4 nitrogen and oxygen atoms in total. The summed E-state index contributed by atoms with van der Waals surface area (Å²) in [7, 11) is 0. The van der Waals surface area contributed by atoms with Crippen LogP contribution in [0.5, 0.6) is 0 Å². The zero-order chi connectivity index (χ0) is 17.5. The molecule has 0 aliphatic rings. The van der Waals surface area contributed by atoms with Gasteiger partial charge in [0.15, 0.2) is 0 Å². The van der Waals surface area contributed by atoms with Gasteiger partial charge in [-0.15, -0.1) is 13.2 Å². The molecule has 0 N–H and O–H groups in total. The summed E-state index contributed by atoms with van der Waals surface area (Å²) >= 11 is 0. The normalized spacial score (nSPS) is 10.4. The molecule has 2 amide bonds. The highest BCUT2D eigenvalue weighted by Gasteiger charge is 2.05. The third-order valence-electron chi connectivity index (χ3n) is 2.93. The monoisotopic (exact) mass is 314 g/mol. The molecule has 0 saturated heterocycles. The van der Waals surface area contributed by atoms with E-state index in [0.717, 1.165) is 6.42 Å². The third-order valence-corrected chi connectivity index (χ3v) is 2.93. The number of nitrogens with zero attached hydrogens (tertiary/aromatic N) is 2. The summed E-state index contributed by atoms with van der Waals surface area (Å²) in [5, 5.41) is 0. The molecule has 0 heterocycles. The van der Waals surface area contributed by atoms with Gasteiger partial charge in [0.2, 0.25) is 11.8 Å². The molecule has 0 aromatic rings. The van der Waals surface area contributed by atoms with Gasteiger partial charge < -0.3 is 9.80 Å². The molecule has 0 aliphatic heterocycles. The molecule has 0 unspecified atom stereocenters. The predicted octanol–water partition coefficient (Wildman–Crippen LogP) is 2.89. The van der Waals surface area contributed by atoms with E-state index < -0.39 is 0 Å². The minimum Gasteiger partial charge on any atom is -0.332 e. The number of allylic oxidation sites excluding steroid dienone is 2. The lowest BCUT2D eigenvalue weighted by atomic mass is 10.3. The van der Waals surface area contributed by atoms with E-state index >= 15 is 0 Å². The van der Waals surface area contributed by atoms with Crippen LogP contribution in [0.1, 0.15) is 6.42 Å². The fourth-order valence-corrected chi connectivity index (χ4v) is 1.75. The van der Waals surface area contributed by atoms with Gasteiger partial charge in [-0.25, -0.2) is 0 Å². The molecule has 0 rings (SSSR count). The summed E-state index contributed by atoms with van der Waals surface area (Å²) in [6.07, 6.45) is 14.5. The van der Waals surface area contributed by atoms with Crippen LogP contribution < -0.4 is 0 Å². The summed E-state index contributed by atoms with van der Waals surface area (Å²) in [4.78, 5) is 26.4. The number of carbonyl (C=O) groups excluding carboxylic acids is 2. The summed E-state index contributed by atoms with van der Waals surface area (Å²) < 4.78 is 0. The molecule has 0 saturated carbocycles. The van der Waals surface area contributed by atoms with Crippen LogP contribution in [0.2, 0.25) is 0 Å². The lowest BCUT2D eigenvalue weighted by molar-refractivity contribution is -0.125. The number of hydrogen-bond acceptors (Lipinski definition) is 2. The molecule has 0 atom stereocenters. The Balaban J connectivity index is 4.25. The van der Waals surface area contributed by atoms with E-state index in [4.69, 9.17) is 0 Å². The minimum absolute atomic E-state index is 0.118. The predicted molar refractivity (Wildman–Crippen MR) is 96.8 cm³/mol. The summed E-state index contributed by atoms with van der Waals surface area (Å²) in [5.41, 5.74) is 0. The first-order valence-electron chi connectivity index (χ1n) is 7.45. The van der Waals surface area contributed by atoms with Gasteiger partial charge in [0.05, 0.1) is 0 Å². The van der Waals surface area contributed by atoms with Gasteiger partial charge in [-0.2, -0.15) is 0 Å². The van der Waals surface area contributed by atoms with E-state index in [1.165, 1.54) is 12.2 Å². The van der Waals surface area contributed by atoms with Gasteiger partial charge in [0.25, 0.3) is 0 Å². The van der Waals surface area contributed by atoms with Crippen LogP contribution in [-0.4, -0.2) is 47.8 Å². The lowest BCUT2D eigenvalue weighted by Crippen LogP contribution is -2.29. The topological polar surface area (TPSA) is 40.6 Å². The van der Waals surface area contributed by atoms with Crippen LogP contribution in [0.15, 0.2) is 74.9 Å². The molecule has 0 radical (unpaired) electrons. The molecular formula is C19H26N2O2. The van der Waals surface area contributed by atoms with Gasteiger partial charge in [-0.1, -0.05) is 49.6 Å². The Kier molecular flexibility index (Phi) is 11.6. The van der Waals surface area contributed by atoms with Crippen molar-refractivity contribution in [3.05, 3.63) is 74.9 Å². The van der Waals surface area contributed by atoms with E-state index in [2.05, 4.69) is 26.3 Å². The Morgan fingerprint density at radius 3 is 1.35 bits per heavy atom. The molecule has 0 aliphatic carbocycles. The highest BCUT2D eigenvalue weighted by molar-refractivity contribution is 5.87. The first-order chi connectivity index (χ1) is 11.1. The van der Waals surface area contributed by atoms with E-state index in [1.54, 1.807) is 22.0 Å². The SMILES string of the molecule is C=CCN(C/C=C/C/C=C/CN(CC=C)C(=O)C=C)C(=O)C=C. The summed E-state index contributed by atoms with van der Waals surface area (Å²) in [5.74, 6) is -0.235. The van der Waals surface area contributed by atoms with Crippen molar-refractivity contribution in [3.63, 3.8) is 0 Å². The maximum Gasteiger partial charge on any atom is 0.246 e. The van der Waals surface area contributed by atoms with E-state index in [1.807, 2.05) is 24.3 Å². The minimum atomic E-state index is -0.118. The Labute approximate surface area is 139 Å². The molecule has 23 heavy (non-hydrogen) atoms. The second-order valence-corrected chi connectivity index (χ2v) is 4.65. The number of carbonyl (C=O) groups is 2. The molecule has 0 fully saturated rings. The second kappa shape index (κ2) is 13.1. The average Bonchev–Trinajstić information content (AvgIpc) is 2.57. The first kappa shape index (κ1) is 20.4. The molecule has 0 bridgehead atoms. The zero-order valence-electron chi connectivity index (χ0n) is 13.7. The van der Waals surface area contributed by atoms with E-state index in [9.17, 15) is 9.59 Å². The number of hydrogen-bond donors (Lipinski definition) is 0. The van der Waals surface area contributed by atoms with Crippen LogP contribution in [-0.2, 0) is 9.59 Å². The van der Waals surface area contributed by atoms with Crippen LogP contribution in [0.3, 0.4) is 0 Å². The Morgan fingerprint density at radius 1 is 0.652 bits per heavy atom. The van der Waals surface area contributed by atoms with Crippen molar-refractivity contribution < 1.29 is 9.59 Å². The highest BCUT2D eigenvalue weighted by Crippen LogP contribution is 1.96. The molecule has 0 aromatic heterocycles. The zero-order valence-corrected chi connectivity index (χ0v) is 13.7. The fourth-order valence-electron chi connectivity index (χ4n) is 1.75. The molecular weight excluding hydrogens is 288 g/mol. The van der Waals surface area contributed by atoms with Crippen LogP contribution in [0.4, 0.5) is 0 Å². The van der Waals surface area contributed by atoms with Crippen LogP contribution in [0.25, 0.3) is 0 Å². The molecule has 0 spiro atoms. The van der Waals surface area contributed by atoms with Gasteiger partial charge in [0, 0.05) is 26.2 Å². The van der Waals surface area contributed by atoms with E-state index in [-0.39, 0.29) is 11.8 Å². The fraction of sp³-hybridized carbons (Fsp3) is 0.263. The molecule has 4 heteroatoms. The van der Waals surface area contributed by atoms with Gasteiger partial charge in [-0.3, -0.25) is 9.59 Å². The Bertz CT molecular complexity index is 446. The average molecular weight is 314 g/mol. The van der Waals surface area contributed by atoms with Crippen molar-refractivity contribution in [1.82, 2.24) is 9.80 Å². The van der Waals surface area contributed by atoms with Crippen molar-refractivity contribution in [2.75, 3.05) is 26.2 Å². The summed E-state index contributed by atoms with van der Waals surface area (Å²) in [6, 6.07) is 0. The van der Waals surface area contributed by atoms with Crippen LogP contribution in [0, 0.1) is 0 Å². The van der Waals surface area contributed by atoms with Crippen molar-refractivity contribution in [1.29, 1.82) is 0 Å². The number of rotatable bonds is 12. The smallest absolute Gasteiger partial charge is 0.246 e. The first-order valence-corrected chi connectivity index (χ1v) is 7.45. The van der Waals surface area contributed by atoms with Crippen molar-refractivity contribution >= 4 is 11.8 Å². The lowest BCUT2D eigenvalue weighted by Gasteiger charge is -2.17. The Hall–Kier alpha value is -2.62. The maximum atomic E-state index is 11.6. The largest absolute Gasteiger partial charge is 0.332 e. The van der Waals surface area contributed by atoms with Gasteiger partial charge in [0.1, 0.15) is 0 Å². The third kappa shape index (κ3) is 9.09. The standard InChI is InChI=1S/C19H26N2O2/c1-5-14-20(18(22)7-3)16-12-10-9-11-13-17-21(15-6-2)19(23)8-4/h5-8,10-13H,1-4,9,14-17H2/b12-10+,13-11+. The molecule has 0 aromatic carbocycles. The van der Waals surface area contributed by atoms with Crippen molar-refractivity contribution in [2.45, 2.75) is 6.42 Å². The highest BCUT2D eigenvalue weighted by atomic mass is 16.2. The van der Waals surface area contributed by atoms with Crippen molar-refractivity contribution in [2.24, 2.45) is 0 Å². The second-order valence-electron chi connectivity index (χ2n) is 4.65. The van der Waals surface area contributed by atoms with Crippen LogP contribution >= 0.6 is 0 Å². The quantitative estimate of drug-likeness (QED) is 0.410. The number of amides is 2. The van der Waals surface area contributed by atoms with Gasteiger partial charge >= 0.3 is 0 Å². The molecule has 124 valence electrons.